The SMILES string of the molecule is COc1ccc(/C=C/C(=O)OC(C)C(=O)NC(N)=O)cc1S(=O)(=O)N1CCOCC1. The third-order valence-corrected chi connectivity index (χ3v) is 6.02. The van der Waals surface area contributed by atoms with Crippen LogP contribution in [-0.4, -0.2) is 70.1 Å². The zero-order valence-electron chi connectivity index (χ0n) is 16.5. The van der Waals surface area contributed by atoms with Gasteiger partial charge in [-0.25, -0.2) is 18.0 Å². The van der Waals surface area contributed by atoms with Crippen molar-refractivity contribution >= 4 is 34.0 Å². The number of carbonyl (C=O) groups is 3. The number of esters is 1. The lowest BCUT2D eigenvalue weighted by molar-refractivity contribution is -0.149. The second-order valence-corrected chi connectivity index (χ2v) is 8.10. The Hall–Kier alpha value is -2.96. The number of nitrogens with two attached hydrogens (primary N) is 1. The summed E-state index contributed by atoms with van der Waals surface area (Å²) in [4.78, 5) is 34.0. The second kappa shape index (κ2) is 10.2. The van der Waals surface area contributed by atoms with Crippen molar-refractivity contribution in [3.63, 3.8) is 0 Å². The predicted molar refractivity (Wildman–Crippen MR) is 105 cm³/mol. The highest BCUT2D eigenvalue weighted by Gasteiger charge is 2.29. The van der Waals surface area contributed by atoms with Crippen LogP contribution in [0.4, 0.5) is 4.79 Å². The van der Waals surface area contributed by atoms with Crippen molar-refractivity contribution in [2.45, 2.75) is 17.9 Å². The highest BCUT2D eigenvalue weighted by atomic mass is 32.2. The molecular weight excluding hydrogens is 418 g/mol. The Morgan fingerprint density at radius 3 is 2.53 bits per heavy atom. The lowest BCUT2D eigenvalue weighted by atomic mass is 10.2. The molecule has 1 atom stereocenters. The molecule has 1 saturated heterocycles. The molecule has 0 saturated carbocycles. The van der Waals surface area contributed by atoms with Gasteiger partial charge in [0.05, 0.1) is 20.3 Å². The lowest BCUT2D eigenvalue weighted by Gasteiger charge is -2.26. The highest BCUT2D eigenvalue weighted by molar-refractivity contribution is 7.89. The third kappa shape index (κ3) is 6.02. The minimum atomic E-state index is -3.83. The molecule has 11 nitrogen and oxygen atoms in total. The summed E-state index contributed by atoms with van der Waals surface area (Å²) in [6, 6.07) is 3.34. The molecule has 30 heavy (non-hydrogen) atoms. The zero-order valence-corrected chi connectivity index (χ0v) is 17.3. The van der Waals surface area contributed by atoms with E-state index < -0.39 is 34.0 Å². The molecule has 1 heterocycles. The number of morpholine rings is 1. The molecular formula is C18H23N3O8S. The number of primary amides is 1. The van der Waals surface area contributed by atoms with Crippen molar-refractivity contribution in [1.82, 2.24) is 9.62 Å². The summed E-state index contributed by atoms with van der Waals surface area (Å²) in [6.45, 7) is 2.32. The molecule has 0 bridgehead atoms. The maximum atomic E-state index is 13.0. The number of carbonyl (C=O) groups excluding carboxylic acids is 3. The number of amides is 3. The maximum Gasteiger partial charge on any atom is 0.331 e. The molecule has 1 fully saturated rings. The normalized spacial score (nSPS) is 16.1. The molecule has 0 aliphatic carbocycles. The van der Waals surface area contributed by atoms with Crippen LogP contribution in [0, 0.1) is 0 Å². The topological polar surface area (TPSA) is 154 Å². The second-order valence-electron chi connectivity index (χ2n) is 6.19. The van der Waals surface area contributed by atoms with Gasteiger partial charge in [-0.05, 0) is 30.7 Å². The summed E-state index contributed by atoms with van der Waals surface area (Å²) < 4.78 is 42.4. The number of rotatable bonds is 7. The van der Waals surface area contributed by atoms with E-state index >= 15 is 0 Å². The molecule has 3 N–H and O–H groups in total. The van der Waals surface area contributed by atoms with Gasteiger partial charge in [0.2, 0.25) is 10.0 Å². The zero-order chi connectivity index (χ0) is 22.3. The summed E-state index contributed by atoms with van der Waals surface area (Å²) in [5, 5.41) is 1.79. The molecule has 3 amide bonds. The predicted octanol–water partition coefficient (Wildman–Crippen LogP) is -0.144. The first-order valence-electron chi connectivity index (χ1n) is 8.90. The molecule has 12 heteroatoms. The fraction of sp³-hybridized carbons (Fsp3) is 0.389. The first kappa shape index (κ1) is 23.3. The van der Waals surface area contributed by atoms with Crippen molar-refractivity contribution in [3.05, 3.63) is 29.8 Å². The van der Waals surface area contributed by atoms with E-state index in [1.807, 2.05) is 0 Å². The van der Waals surface area contributed by atoms with Gasteiger partial charge in [0.25, 0.3) is 5.91 Å². The Kier molecular flexibility index (Phi) is 7.92. The lowest BCUT2D eigenvalue weighted by Crippen LogP contribution is -2.42. The van der Waals surface area contributed by atoms with Crippen LogP contribution < -0.4 is 15.8 Å². The Bertz CT molecular complexity index is 939. The van der Waals surface area contributed by atoms with E-state index in [2.05, 4.69) is 0 Å². The van der Waals surface area contributed by atoms with Gasteiger partial charge in [0.1, 0.15) is 10.6 Å². The van der Waals surface area contributed by atoms with E-state index in [1.54, 1.807) is 11.4 Å². The number of ether oxygens (including phenoxy) is 3. The van der Waals surface area contributed by atoms with Crippen LogP contribution in [0.2, 0.25) is 0 Å². The number of benzene rings is 1. The standard InChI is InChI=1S/C18H23N3O8S/c1-12(17(23)20-18(19)24)29-16(22)6-4-13-3-5-14(27-2)15(11-13)30(25,26)21-7-9-28-10-8-21/h3-6,11-12H,7-10H2,1-2H3,(H3,19,20,23,24)/b6-4+. The Morgan fingerprint density at radius 2 is 1.93 bits per heavy atom. The molecule has 1 aliphatic heterocycles. The van der Waals surface area contributed by atoms with E-state index in [0.717, 1.165) is 6.08 Å². The number of hydrogen-bond donors (Lipinski definition) is 2. The van der Waals surface area contributed by atoms with Crippen LogP contribution in [0.1, 0.15) is 12.5 Å². The van der Waals surface area contributed by atoms with Gasteiger partial charge in [-0.15, -0.1) is 0 Å². The van der Waals surface area contributed by atoms with Gasteiger partial charge >= 0.3 is 12.0 Å². The minimum absolute atomic E-state index is 0.0448. The van der Waals surface area contributed by atoms with E-state index in [-0.39, 0.29) is 23.7 Å². The molecule has 1 unspecified atom stereocenters. The van der Waals surface area contributed by atoms with Crippen LogP contribution in [0.25, 0.3) is 6.08 Å². The maximum absolute atomic E-state index is 13.0. The van der Waals surface area contributed by atoms with Gasteiger partial charge in [0, 0.05) is 19.2 Å². The summed E-state index contributed by atoms with van der Waals surface area (Å²) in [6.07, 6.45) is 1.11. The van der Waals surface area contributed by atoms with Gasteiger partial charge in [-0.1, -0.05) is 6.07 Å². The smallest absolute Gasteiger partial charge is 0.331 e. The molecule has 1 aromatic rings. The van der Waals surface area contributed by atoms with Crippen molar-refractivity contribution in [3.8, 4) is 5.75 Å². The quantitative estimate of drug-likeness (QED) is 0.438. The number of hydrogen-bond acceptors (Lipinski definition) is 8. The van der Waals surface area contributed by atoms with Crippen molar-refractivity contribution in [2.24, 2.45) is 5.73 Å². The number of nitrogens with zero attached hydrogens (tertiary/aromatic N) is 1. The Labute approximate surface area is 173 Å². The number of methoxy groups -OCH3 is 1. The van der Waals surface area contributed by atoms with Gasteiger partial charge in [-0.3, -0.25) is 10.1 Å². The number of urea groups is 1. The molecule has 0 radical (unpaired) electrons. The summed E-state index contributed by atoms with van der Waals surface area (Å²) in [5.41, 5.74) is 5.23. The molecule has 0 aromatic heterocycles. The number of nitrogens with one attached hydrogen (secondary N) is 1. The Morgan fingerprint density at radius 1 is 1.27 bits per heavy atom. The van der Waals surface area contributed by atoms with Gasteiger partial charge < -0.3 is 19.9 Å². The number of imide groups is 1. The fourth-order valence-corrected chi connectivity index (χ4v) is 4.18. The van der Waals surface area contributed by atoms with E-state index in [1.165, 1.54) is 36.5 Å². The molecule has 1 aromatic carbocycles. The van der Waals surface area contributed by atoms with Crippen molar-refractivity contribution in [1.29, 1.82) is 0 Å². The van der Waals surface area contributed by atoms with E-state index in [9.17, 15) is 22.8 Å². The average Bonchev–Trinajstić information content (AvgIpc) is 2.72. The molecule has 164 valence electrons. The first-order chi connectivity index (χ1) is 14.1. The van der Waals surface area contributed by atoms with E-state index in [0.29, 0.717) is 18.8 Å². The summed E-state index contributed by atoms with van der Waals surface area (Å²) >= 11 is 0. The van der Waals surface area contributed by atoms with Crippen LogP contribution in [0.15, 0.2) is 29.2 Å². The van der Waals surface area contributed by atoms with Crippen molar-refractivity contribution < 1.29 is 37.0 Å². The van der Waals surface area contributed by atoms with Crippen LogP contribution in [0.3, 0.4) is 0 Å². The number of sulfonamides is 1. The molecule has 1 aliphatic rings. The van der Waals surface area contributed by atoms with Crippen LogP contribution in [-0.2, 0) is 29.1 Å². The monoisotopic (exact) mass is 441 g/mol. The average molecular weight is 441 g/mol. The molecule has 2 rings (SSSR count). The summed E-state index contributed by atoms with van der Waals surface area (Å²) in [7, 11) is -2.47. The van der Waals surface area contributed by atoms with Gasteiger partial charge in [-0.2, -0.15) is 4.31 Å². The largest absolute Gasteiger partial charge is 0.495 e. The van der Waals surface area contributed by atoms with Crippen LogP contribution in [0.5, 0.6) is 5.75 Å². The minimum Gasteiger partial charge on any atom is -0.495 e. The fourth-order valence-electron chi connectivity index (χ4n) is 2.58. The molecule has 0 spiro atoms. The van der Waals surface area contributed by atoms with Crippen LogP contribution >= 0.6 is 0 Å². The van der Waals surface area contributed by atoms with Gasteiger partial charge in [0.15, 0.2) is 6.10 Å². The van der Waals surface area contributed by atoms with E-state index in [4.69, 9.17) is 19.9 Å². The highest BCUT2D eigenvalue weighted by Crippen LogP contribution is 2.28. The first-order valence-corrected chi connectivity index (χ1v) is 10.3. The summed E-state index contributed by atoms with van der Waals surface area (Å²) in [5.74, 6) is -1.57. The Balaban J connectivity index is 2.17. The third-order valence-electron chi connectivity index (χ3n) is 4.10. The van der Waals surface area contributed by atoms with Crippen molar-refractivity contribution in [2.75, 3.05) is 33.4 Å².